The van der Waals surface area contributed by atoms with E-state index >= 15 is 0 Å². The Bertz CT molecular complexity index is 892. The van der Waals surface area contributed by atoms with Crippen molar-refractivity contribution >= 4 is 47.2 Å². The Morgan fingerprint density at radius 1 is 1.32 bits per heavy atom. The number of benzene rings is 1. The second-order valence-electron chi connectivity index (χ2n) is 6.81. The van der Waals surface area contributed by atoms with Crippen molar-refractivity contribution in [2.24, 2.45) is 5.92 Å². The lowest BCUT2D eigenvalue weighted by Crippen LogP contribution is -2.42. The lowest BCUT2D eigenvalue weighted by molar-refractivity contribution is -0.125. The smallest absolute Gasteiger partial charge is 0.338 e. The van der Waals surface area contributed by atoms with Gasteiger partial charge in [0, 0.05) is 6.04 Å². The largest absolute Gasteiger partial charge is 0.452 e. The molecule has 1 fully saturated rings. The first-order valence-electron chi connectivity index (χ1n) is 9.19. The van der Waals surface area contributed by atoms with Crippen LogP contribution in [-0.4, -0.2) is 40.6 Å². The highest BCUT2D eigenvalue weighted by Crippen LogP contribution is 2.24. The topological polar surface area (TPSA) is 73.2 Å². The van der Waals surface area contributed by atoms with Gasteiger partial charge < -0.3 is 10.1 Å². The number of hydrogen-bond acceptors (Lipinski definition) is 7. The molecule has 1 aliphatic rings. The number of carbonyl (C=O) groups is 2. The summed E-state index contributed by atoms with van der Waals surface area (Å²) in [5, 5.41) is 7.40. The van der Waals surface area contributed by atoms with Crippen LogP contribution in [0.4, 0.5) is 0 Å². The van der Waals surface area contributed by atoms with Gasteiger partial charge >= 0.3 is 5.97 Å². The van der Waals surface area contributed by atoms with Crippen molar-refractivity contribution < 1.29 is 14.3 Å². The maximum atomic E-state index is 12.2. The number of amides is 1. The number of hydrogen-bond donors (Lipinski definition) is 1. The molecule has 0 aliphatic heterocycles. The molecule has 1 aromatic carbocycles. The minimum absolute atomic E-state index is 0.174. The minimum Gasteiger partial charge on any atom is -0.452 e. The molecule has 1 aromatic heterocycles. The number of rotatable bonds is 6. The molecule has 1 aliphatic carbocycles. The molecule has 0 bridgehead atoms. The second-order valence-corrected chi connectivity index (χ2v) is 9.48. The molecule has 0 spiro atoms. The molecule has 6 nitrogen and oxygen atoms in total. The molecule has 2 aromatic rings. The predicted molar refractivity (Wildman–Crippen MR) is 114 cm³/mol. The Morgan fingerprint density at radius 3 is 2.68 bits per heavy atom. The fourth-order valence-corrected chi connectivity index (χ4v) is 5.02. The summed E-state index contributed by atoms with van der Waals surface area (Å²) in [5.74, 6) is -0.308. The number of carbonyl (C=O) groups excluding carboxylic acids is 2. The molecule has 9 heteroatoms. The Balaban J connectivity index is 1.55. The van der Waals surface area contributed by atoms with E-state index in [9.17, 15) is 9.59 Å². The maximum absolute atomic E-state index is 12.2. The summed E-state index contributed by atoms with van der Waals surface area (Å²) in [6.07, 6.45) is 6.40. The van der Waals surface area contributed by atoms with Gasteiger partial charge in [-0.3, -0.25) is 4.79 Å². The van der Waals surface area contributed by atoms with Crippen molar-refractivity contribution in [1.82, 2.24) is 15.1 Å². The monoisotopic (exact) mass is 437 g/mol. The van der Waals surface area contributed by atoms with Crippen LogP contribution < -0.4 is 5.32 Å². The van der Waals surface area contributed by atoms with Gasteiger partial charge in [-0.15, -0.1) is 5.10 Å². The number of thioether (sulfide) groups is 1. The van der Waals surface area contributed by atoms with Crippen LogP contribution >= 0.6 is 35.3 Å². The zero-order chi connectivity index (χ0) is 20.1. The van der Waals surface area contributed by atoms with Crippen LogP contribution in [0.1, 0.15) is 43.0 Å². The number of nitrogens with one attached hydrogen (secondary N) is 1. The van der Waals surface area contributed by atoms with Crippen molar-refractivity contribution in [3.63, 3.8) is 0 Å². The van der Waals surface area contributed by atoms with Crippen molar-refractivity contribution in [1.29, 1.82) is 0 Å². The van der Waals surface area contributed by atoms with Gasteiger partial charge in [0.25, 0.3) is 5.91 Å². The highest BCUT2D eigenvalue weighted by Gasteiger charge is 2.23. The van der Waals surface area contributed by atoms with Crippen LogP contribution in [-0.2, 0) is 9.53 Å². The van der Waals surface area contributed by atoms with E-state index in [1.54, 1.807) is 28.9 Å². The van der Waals surface area contributed by atoms with Gasteiger partial charge in [-0.1, -0.05) is 42.9 Å². The SMILES string of the molecule is CSc1nn(-c2ccc(C(=O)OCC(=O)N[C@@H]3CCCC[C@@H]3C)cc2)c(=S)s1. The highest BCUT2D eigenvalue weighted by molar-refractivity contribution is 8.00. The molecular weight excluding hydrogens is 414 g/mol. The molecule has 150 valence electrons. The molecule has 3 rings (SSSR count). The van der Waals surface area contributed by atoms with Crippen LogP contribution in [0.15, 0.2) is 28.6 Å². The average molecular weight is 438 g/mol. The summed E-state index contributed by atoms with van der Waals surface area (Å²) >= 11 is 8.30. The lowest BCUT2D eigenvalue weighted by atomic mass is 9.86. The van der Waals surface area contributed by atoms with Gasteiger partial charge in [0.2, 0.25) is 0 Å². The summed E-state index contributed by atoms with van der Waals surface area (Å²) in [6, 6.07) is 7.00. The van der Waals surface area contributed by atoms with Crippen molar-refractivity contribution in [2.45, 2.75) is 43.0 Å². The van der Waals surface area contributed by atoms with Gasteiger partial charge in [-0.05, 0) is 61.5 Å². The molecule has 2 atom stereocenters. The van der Waals surface area contributed by atoms with Crippen molar-refractivity contribution in [2.75, 3.05) is 12.9 Å². The van der Waals surface area contributed by atoms with Crippen LogP contribution in [0, 0.1) is 9.87 Å². The average Bonchev–Trinajstić information content (AvgIpc) is 3.09. The van der Waals surface area contributed by atoms with Gasteiger partial charge in [0.05, 0.1) is 11.3 Å². The van der Waals surface area contributed by atoms with E-state index in [4.69, 9.17) is 17.0 Å². The van der Waals surface area contributed by atoms with Crippen LogP contribution in [0.3, 0.4) is 0 Å². The molecule has 1 N–H and O–H groups in total. The molecule has 1 amide bonds. The van der Waals surface area contributed by atoms with Crippen LogP contribution in [0.2, 0.25) is 0 Å². The Labute approximate surface area is 177 Å². The normalized spacial score (nSPS) is 19.2. The van der Waals surface area contributed by atoms with Gasteiger partial charge in [0.1, 0.15) is 0 Å². The number of esters is 1. The Hall–Kier alpha value is -1.71. The number of aromatic nitrogens is 2. The van der Waals surface area contributed by atoms with E-state index in [-0.39, 0.29) is 18.6 Å². The van der Waals surface area contributed by atoms with Crippen LogP contribution in [0.25, 0.3) is 5.69 Å². The third-order valence-electron chi connectivity index (χ3n) is 4.84. The maximum Gasteiger partial charge on any atom is 0.338 e. The number of ether oxygens (including phenoxy) is 1. The van der Waals surface area contributed by atoms with E-state index in [2.05, 4.69) is 17.3 Å². The standard InChI is InChI=1S/C19H23N3O3S3/c1-12-5-3-4-6-15(12)20-16(23)11-25-17(24)13-7-9-14(10-8-13)22-19(26)28-18(21-22)27-2/h7-10,12,15H,3-6,11H2,1-2H3,(H,20,23)/t12-,15+/m0/s1. The zero-order valence-corrected chi connectivity index (χ0v) is 18.3. The molecule has 0 saturated heterocycles. The molecule has 0 radical (unpaired) electrons. The Morgan fingerprint density at radius 2 is 2.04 bits per heavy atom. The summed E-state index contributed by atoms with van der Waals surface area (Å²) in [6.45, 7) is 1.88. The minimum atomic E-state index is -0.523. The van der Waals surface area contributed by atoms with Gasteiger partial charge in [-0.2, -0.15) is 0 Å². The number of nitrogens with zero attached hydrogens (tertiary/aromatic N) is 2. The van der Waals surface area contributed by atoms with Crippen molar-refractivity contribution in [3.05, 3.63) is 33.8 Å². The third kappa shape index (κ3) is 5.21. The first-order chi connectivity index (χ1) is 13.5. The second kappa shape index (κ2) is 9.67. The molecule has 28 heavy (non-hydrogen) atoms. The summed E-state index contributed by atoms with van der Waals surface area (Å²) < 4.78 is 8.36. The van der Waals surface area contributed by atoms with E-state index in [1.165, 1.54) is 29.5 Å². The van der Waals surface area contributed by atoms with Gasteiger partial charge in [0.15, 0.2) is 14.9 Å². The van der Waals surface area contributed by atoms with E-state index in [0.717, 1.165) is 29.3 Å². The molecule has 0 unspecified atom stereocenters. The van der Waals surface area contributed by atoms with E-state index in [0.29, 0.717) is 15.4 Å². The van der Waals surface area contributed by atoms with E-state index < -0.39 is 5.97 Å². The zero-order valence-electron chi connectivity index (χ0n) is 15.8. The summed E-state index contributed by atoms with van der Waals surface area (Å²) in [4.78, 5) is 24.3. The van der Waals surface area contributed by atoms with Crippen molar-refractivity contribution in [3.8, 4) is 5.69 Å². The highest BCUT2D eigenvalue weighted by atomic mass is 32.2. The fourth-order valence-electron chi connectivity index (χ4n) is 3.24. The Kier molecular flexibility index (Phi) is 7.25. The quantitative estimate of drug-likeness (QED) is 0.414. The lowest BCUT2D eigenvalue weighted by Gasteiger charge is -2.29. The van der Waals surface area contributed by atoms with E-state index in [1.807, 2.05) is 6.26 Å². The van der Waals surface area contributed by atoms with Crippen LogP contribution in [0.5, 0.6) is 0 Å². The molecular formula is C19H23N3O3S3. The third-order valence-corrected chi connectivity index (χ3v) is 7.05. The first-order valence-corrected chi connectivity index (χ1v) is 11.6. The molecule has 1 saturated carbocycles. The first kappa shape index (κ1) is 21.0. The fraction of sp³-hybridized carbons (Fsp3) is 0.474. The summed E-state index contributed by atoms with van der Waals surface area (Å²) in [5.41, 5.74) is 1.16. The summed E-state index contributed by atoms with van der Waals surface area (Å²) in [7, 11) is 0. The van der Waals surface area contributed by atoms with Gasteiger partial charge in [-0.25, -0.2) is 9.48 Å². The predicted octanol–water partition coefficient (Wildman–Crippen LogP) is 4.24. The molecule has 1 heterocycles.